The molecule has 1 rings (SSSR count). The third-order valence-corrected chi connectivity index (χ3v) is 3.54. The lowest BCUT2D eigenvalue weighted by Crippen LogP contribution is -2.20. The summed E-state index contributed by atoms with van der Waals surface area (Å²) in [5, 5.41) is 11.1. The molecule has 1 aromatic rings. The predicted octanol–water partition coefficient (Wildman–Crippen LogP) is 2.82. The van der Waals surface area contributed by atoms with Crippen molar-refractivity contribution < 1.29 is 14.5 Å². The van der Waals surface area contributed by atoms with E-state index in [0.29, 0.717) is 6.42 Å². The summed E-state index contributed by atoms with van der Waals surface area (Å²) in [6, 6.07) is 0. The number of ether oxygens (including phenoxy) is 1. The van der Waals surface area contributed by atoms with E-state index in [2.05, 4.69) is 4.98 Å². The Morgan fingerprint density at radius 2 is 2.14 bits per heavy atom. The number of aromatic amines is 1. The Bertz CT molecular complexity index is 609. The maximum absolute atomic E-state index is 12.1. The first-order valence-electron chi connectivity index (χ1n) is 6.40. The van der Waals surface area contributed by atoms with E-state index in [1.54, 1.807) is 6.92 Å². The molecule has 0 aromatic carbocycles. The fraction of sp³-hybridized carbons (Fsp3) is 0.462. The number of hydrogen-bond donors (Lipinski definition) is 1. The fourth-order valence-electron chi connectivity index (χ4n) is 1.66. The number of H-pyrrole nitrogens is 1. The van der Waals surface area contributed by atoms with Crippen LogP contribution in [-0.2, 0) is 4.74 Å². The van der Waals surface area contributed by atoms with Crippen LogP contribution in [0.2, 0.25) is 0 Å². The Morgan fingerprint density at radius 1 is 1.52 bits per heavy atom. The highest BCUT2D eigenvalue weighted by molar-refractivity contribution is 8.00. The Kier molecular flexibility index (Phi) is 5.95. The van der Waals surface area contributed by atoms with Crippen molar-refractivity contribution in [3.63, 3.8) is 0 Å². The number of carbonyl (C=O) groups excluding carboxylic acids is 1. The highest BCUT2D eigenvalue weighted by Gasteiger charge is 2.30. The summed E-state index contributed by atoms with van der Waals surface area (Å²) < 4.78 is 4.93. The van der Waals surface area contributed by atoms with E-state index in [4.69, 9.17) is 4.74 Å². The number of pyridine rings is 1. The molecule has 1 radical (unpaired) electrons. The van der Waals surface area contributed by atoms with E-state index >= 15 is 0 Å². The normalized spacial score (nSPS) is 10.7. The summed E-state index contributed by atoms with van der Waals surface area (Å²) in [7, 11) is 0. The number of hydrogen-bond acceptors (Lipinski definition) is 6. The van der Waals surface area contributed by atoms with E-state index in [1.165, 1.54) is 13.5 Å². The van der Waals surface area contributed by atoms with Gasteiger partial charge in [-0.2, -0.15) is 0 Å². The molecule has 115 valence electrons. The Labute approximate surface area is 126 Å². The van der Waals surface area contributed by atoms with Gasteiger partial charge in [-0.1, -0.05) is 20.8 Å². The van der Waals surface area contributed by atoms with Crippen molar-refractivity contribution in [1.29, 1.82) is 0 Å². The van der Waals surface area contributed by atoms with Gasteiger partial charge in [0.1, 0.15) is 11.5 Å². The lowest BCUT2D eigenvalue weighted by atomic mass is 10.2. The van der Waals surface area contributed by atoms with Crippen molar-refractivity contribution in [2.45, 2.75) is 44.3 Å². The maximum Gasteiger partial charge on any atom is 0.348 e. The zero-order valence-electron chi connectivity index (χ0n) is 12.3. The largest absolute Gasteiger partial charge is 0.455 e. The Morgan fingerprint density at radius 3 is 2.62 bits per heavy atom. The molecular formula is C13H17N2O5S. The number of carbonyl (C=O) groups is 1. The summed E-state index contributed by atoms with van der Waals surface area (Å²) in [6.07, 6.45) is 0.517. The predicted molar refractivity (Wildman–Crippen MR) is 79.5 cm³/mol. The number of nitrogens with zero attached hydrogens (tertiary/aromatic N) is 1. The number of nitrogens with one attached hydrogen (secondary N) is 1. The topological polar surface area (TPSA) is 102 Å². The van der Waals surface area contributed by atoms with Crippen molar-refractivity contribution in [2.75, 3.05) is 0 Å². The molecule has 0 saturated heterocycles. The second-order valence-corrected chi connectivity index (χ2v) is 6.12. The molecule has 0 amide bonds. The molecule has 1 N–H and O–H groups in total. The van der Waals surface area contributed by atoms with Gasteiger partial charge in [-0.3, -0.25) is 14.9 Å². The van der Waals surface area contributed by atoms with Gasteiger partial charge in [0.2, 0.25) is 0 Å². The van der Waals surface area contributed by atoms with Gasteiger partial charge in [-0.25, -0.2) is 4.79 Å². The quantitative estimate of drug-likeness (QED) is 0.375. The van der Waals surface area contributed by atoms with Gasteiger partial charge in [0.25, 0.3) is 0 Å². The molecular weight excluding hydrogens is 296 g/mol. The van der Waals surface area contributed by atoms with E-state index < -0.39 is 22.1 Å². The van der Waals surface area contributed by atoms with Crippen molar-refractivity contribution >= 4 is 23.4 Å². The highest BCUT2D eigenvalue weighted by Crippen LogP contribution is 2.34. The first-order chi connectivity index (χ1) is 9.79. The molecule has 1 aromatic heterocycles. The number of nitro groups is 1. The number of aromatic nitrogens is 1. The third-order valence-electron chi connectivity index (χ3n) is 2.43. The van der Waals surface area contributed by atoms with Crippen molar-refractivity contribution in [2.24, 2.45) is 0 Å². The Hall–Kier alpha value is -1.83. The highest BCUT2D eigenvalue weighted by atomic mass is 32.2. The molecule has 7 nitrogen and oxygen atoms in total. The zero-order valence-corrected chi connectivity index (χ0v) is 13.1. The molecule has 0 unspecified atom stereocenters. The van der Waals surface area contributed by atoms with Crippen LogP contribution in [-0.4, -0.2) is 21.1 Å². The third kappa shape index (κ3) is 4.07. The van der Waals surface area contributed by atoms with Gasteiger partial charge < -0.3 is 9.72 Å². The molecule has 0 atom stereocenters. The first-order valence-corrected chi connectivity index (χ1v) is 7.28. The van der Waals surface area contributed by atoms with E-state index in [1.807, 2.05) is 13.8 Å². The molecule has 0 spiro atoms. The lowest BCUT2D eigenvalue weighted by Gasteiger charge is -2.12. The van der Waals surface area contributed by atoms with Crippen LogP contribution in [0.25, 0.3) is 0 Å². The molecule has 0 fully saturated rings. The smallest absolute Gasteiger partial charge is 0.348 e. The van der Waals surface area contributed by atoms with E-state index in [9.17, 15) is 19.7 Å². The number of esters is 1. The van der Waals surface area contributed by atoms with Gasteiger partial charge in [0, 0.05) is 10.9 Å². The molecule has 8 heteroatoms. The summed E-state index contributed by atoms with van der Waals surface area (Å²) in [5.41, 5.74) is -1.16. The van der Waals surface area contributed by atoms with Gasteiger partial charge in [0.15, 0.2) is 0 Å². The minimum absolute atomic E-state index is 0.0321. The van der Waals surface area contributed by atoms with E-state index in [-0.39, 0.29) is 21.4 Å². The number of rotatable bonds is 6. The molecule has 0 aliphatic rings. The average Bonchev–Trinajstić information content (AvgIpc) is 2.34. The van der Waals surface area contributed by atoms with Crippen LogP contribution in [0.15, 0.2) is 9.69 Å². The SMILES string of the molecule is CC[CH]OC(=O)c1c(C)[nH]c(=O)c([N+](=O)[O-])c1SC(C)C. The molecule has 0 aliphatic heterocycles. The lowest BCUT2D eigenvalue weighted by molar-refractivity contribution is -0.389. The fourth-order valence-corrected chi connectivity index (χ4v) is 2.77. The molecule has 0 bridgehead atoms. The number of thioether (sulfide) groups is 1. The van der Waals surface area contributed by atoms with Crippen molar-refractivity contribution in [1.82, 2.24) is 4.98 Å². The van der Waals surface area contributed by atoms with Crippen LogP contribution >= 0.6 is 11.8 Å². The molecule has 1 heterocycles. The van der Waals surface area contributed by atoms with Crippen molar-refractivity contribution in [3.8, 4) is 0 Å². The molecule has 21 heavy (non-hydrogen) atoms. The van der Waals surface area contributed by atoms with Gasteiger partial charge in [-0.05, 0) is 13.3 Å². The monoisotopic (exact) mass is 313 g/mol. The summed E-state index contributed by atoms with van der Waals surface area (Å²) in [4.78, 5) is 36.6. The maximum atomic E-state index is 12.1. The van der Waals surface area contributed by atoms with Gasteiger partial charge >= 0.3 is 17.2 Å². The van der Waals surface area contributed by atoms with Crippen LogP contribution in [0.5, 0.6) is 0 Å². The summed E-state index contributed by atoms with van der Waals surface area (Å²) in [5.74, 6) is -0.711. The second kappa shape index (κ2) is 7.26. The van der Waals surface area contributed by atoms with Crippen LogP contribution in [0.3, 0.4) is 0 Å². The molecule has 0 saturated carbocycles. The van der Waals surface area contributed by atoms with E-state index in [0.717, 1.165) is 11.8 Å². The summed E-state index contributed by atoms with van der Waals surface area (Å²) >= 11 is 1.09. The van der Waals surface area contributed by atoms with Gasteiger partial charge in [-0.15, -0.1) is 11.8 Å². The van der Waals surface area contributed by atoms with Crippen LogP contribution < -0.4 is 5.56 Å². The van der Waals surface area contributed by atoms with Gasteiger partial charge in [0.05, 0.1) is 10.5 Å². The minimum Gasteiger partial charge on any atom is -0.455 e. The van der Waals surface area contributed by atoms with Crippen LogP contribution in [0, 0.1) is 23.6 Å². The van der Waals surface area contributed by atoms with Crippen molar-refractivity contribution in [3.05, 3.63) is 38.3 Å². The zero-order chi connectivity index (χ0) is 16.2. The average molecular weight is 313 g/mol. The number of aryl methyl sites for hydroxylation is 1. The Balaban J connectivity index is 3.52. The minimum atomic E-state index is -0.823. The standard InChI is InChI=1S/C13H17N2O5S/c1-5-6-20-13(17)9-8(4)14-12(16)10(15(18)19)11(9)21-7(2)3/h6-7H,5H2,1-4H3,(H,14,16). The van der Waals surface area contributed by atoms with Crippen LogP contribution in [0.4, 0.5) is 5.69 Å². The molecule has 0 aliphatic carbocycles. The summed E-state index contributed by atoms with van der Waals surface area (Å²) in [6.45, 7) is 8.25. The second-order valence-electron chi connectivity index (χ2n) is 4.54. The first kappa shape index (κ1) is 17.2. The van der Waals surface area contributed by atoms with Crippen LogP contribution in [0.1, 0.15) is 43.2 Å².